The topological polar surface area (TPSA) is 31.4 Å². The van der Waals surface area contributed by atoms with Gasteiger partial charge in [0.1, 0.15) is 0 Å². The number of aromatic nitrogens is 1. The van der Waals surface area contributed by atoms with Gasteiger partial charge in [0.2, 0.25) is 0 Å². The molecule has 1 N–H and O–H groups in total. The Morgan fingerprint density at radius 3 is 2.90 bits per heavy atom. The highest BCUT2D eigenvalue weighted by molar-refractivity contribution is 7.15. The first-order chi connectivity index (χ1) is 10.0. The minimum Gasteiger partial charge on any atom is -0.350 e. The summed E-state index contributed by atoms with van der Waals surface area (Å²) in [5.74, 6) is 0. The molecule has 1 atom stereocenters. The van der Waals surface area contributed by atoms with Gasteiger partial charge in [0, 0.05) is 37.1 Å². The van der Waals surface area contributed by atoms with Crippen LogP contribution in [0.4, 0.5) is 5.13 Å². The van der Waals surface area contributed by atoms with Gasteiger partial charge < -0.3 is 10.2 Å². The number of nitrogens with one attached hydrogen (secondary N) is 1. The fraction of sp³-hybridized carbons (Fsp3) is 0.812. The number of likely N-dealkylation sites (N-methyl/N-ethyl adjacent to an activating group) is 2. The lowest BCUT2D eigenvalue weighted by Crippen LogP contribution is -2.38. The van der Waals surface area contributed by atoms with Gasteiger partial charge in [0.25, 0.3) is 0 Å². The van der Waals surface area contributed by atoms with Crippen molar-refractivity contribution in [2.75, 3.05) is 31.6 Å². The van der Waals surface area contributed by atoms with E-state index >= 15 is 0 Å². The smallest absolute Gasteiger partial charge is 0.185 e. The highest BCUT2D eigenvalue weighted by Gasteiger charge is 2.25. The lowest BCUT2D eigenvalue weighted by Gasteiger charge is -2.27. The van der Waals surface area contributed by atoms with Crippen molar-refractivity contribution < 1.29 is 0 Å². The van der Waals surface area contributed by atoms with E-state index in [1.807, 2.05) is 11.3 Å². The summed E-state index contributed by atoms with van der Waals surface area (Å²) in [5.41, 5.74) is 1.17. The number of hydrogen-bond donors (Lipinski definition) is 1. The van der Waals surface area contributed by atoms with Crippen LogP contribution in [0.5, 0.6) is 0 Å². The van der Waals surface area contributed by atoms with Crippen molar-refractivity contribution in [2.45, 2.75) is 59.2 Å². The Kier molecular flexibility index (Phi) is 6.02. The van der Waals surface area contributed by atoms with Gasteiger partial charge >= 0.3 is 0 Å². The lowest BCUT2D eigenvalue weighted by atomic mass is 10.2. The highest BCUT2D eigenvalue weighted by Crippen LogP contribution is 2.27. The standard InChI is InChI=1S/C16H30N4S/c1-6-20-9-7-8-14(20)11-19(5)16-18-13(4)15(21-16)10-17-12(2)3/h12,14,17H,6-11H2,1-5H3. The van der Waals surface area contributed by atoms with Gasteiger partial charge in [-0.05, 0) is 32.9 Å². The predicted octanol–water partition coefficient (Wildman–Crippen LogP) is 2.87. The van der Waals surface area contributed by atoms with Crippen LogP contribution >= 0.6 is 11.3 Å². The number of anilines is 1. The van der Waals surface area contributed by atoms with E-state index in [1.165, 1.54) is 36.5 Å². The average Bonchev–Trinajstić information content (AvgIpc) is 3.02. The molecule has 1 aromatic heterocycles. The summed E-state index contributed by atoms with van der Waals surface area (Å²) < 4.78 is 0. The molecular weight excluding hydrogens is 280 g/mol. The first-order valence-corrected chi connectivity index (χ1v) is 8.97. The van der Waals surface area contributed by atoms with Crippen molar-refractivity contribution in [3.8, 4) is 0 Å². The molecule has 1 aromatic rings. The molecule has 0 radical (unpaired) electrons. The van der Waals surface area contributed by atoms with E-state index in [4.69, 9.17) is 4.98 Å². The number of thiazole rings is 1. The van der Waals surface area contributed by atoms with Gasteiger partial charge in [-0.2, -0.15) is 0 Å². The summed E-state index contributed by atoms with van der Waals surface area (Å²) in [6, 6.07) is 1.21. The van der Waals surface area contributed by atoms with Crippen molar-refractivity contribution >= 4 is 16.5 Å². The zero-order chi connectivity index (χ0) is 15.4. The van der Waals surface area contributed by atoms with E-state index in [2.05, 4.69) is 49.9 Å². The van der Waals surface area contributed by atoms with Gasteiger partial charge in [-0.3, -0.25) is 4.90 Å². The zero-order valence-corrected chi connectivity index (χ0v) is 15.0. The van der Waals surface area contributed by atoms with Gasteiger partial charge in [0.05, 0.1) is 5.69 Å². The summed E-state index contributed by atoms with van der Waals surface area (Å²) in [6.07, 6.45) is 2.66. The molecule has 120 valence electrons. The Hall–Kier alpha value is -0.650. The monoisotopic (exact) mass is 310 g/mol. The first-order valence-electron chi connectivity index (χ1n) is 8.16. The second kappa shape index (κ2) is 7.56. The Morgan fingerprint density at radius 1 is 1.48 bits per heavy atom. The highest BCUT2D eigenvalue weighted by atomic mass is 32.1. The fourth-order valence-corrected chi connectivity index (χ4v) is 3.93. The number of rotatable bonds is 7. The molecule has 4 nitrogen and oxygen atoms in total. The van der Waals surface area contributed by atoms with Crippen LogP contribution in [-0.4, -0.2) is 48.6 Å². The molecule has 1 aliphatic rings. The zero-order valence-electron chi connectivity index (χ0n) is 14.1. The molecular formula is C16H30N4S. The second-order valence-electron chi connectivity index (χ2n) is 6.35. The largest absolute Gasteiger partial charge is 0.350 e. The average molecular weight is 311 g/mol. The van der Waals surface area contributed by atoms with Crippen LogP contribution < -0.4 is 10.2 Å². The molecule has 1 saturated heterocycles. The Morgan fingerprint density at radius 2 is 2.24 bits per heavy atom. The van der Waals surface area contributed by atoms with Crippen LogP contribution in [0.1, 0.15) is 44.2 Å². The van der Waals surface area contributed by atoms with Crippen LogP contribution in [0.3, 0.4) is 0 Å². The minimum atomic E-state index is 0.518. The third-order valence-corrected chi connectivity index (χ3v) is 5.54. The molecule has 0 saturated carbocycles. The SMILES string of the molecule is CCN1CCCC1CN(C)c1nc(C)c(CNC(C)C)s1. The Balaban J connectivity index is 1.96. The second-order valence-corrected chi connectivity index (χ2v) is 7.41. The van der Waals surface area contributed by atoms with Crippen LogP contribution in [-0.2, 0) is 6.54 Å². The van der Waals surface area contributed by atoms with Gasteiger partial charge in [-0.25, -0.2) is 4.98 Å². The van der Waals surface area contributed by atoms with Crippen molar-refractivity contribution in [1.29, 1.82) is 0 Å². The molecule has 0 amide bonds. The molecule has 1 aliphatic heterocycles. The first kappa shape index (κ1) is 16.7. The summed E-state index contributed by atoms with van der Waals surface area (Å²) in [7, 11) is 2.18. The Labute approximate surface area is 133 Å². The van der Waals surface area contributed by atoms with E-state index in [1.54, 1.807) is 0 Å². The predicted molar refractivity (Wildman–Crippen MR) is 92.4 cm³/mol. The number of nitrogens with zero attached hydrogens (tertiary/aromatic N) is 3. The molecule has 5 heteroatoms. The van der Waals surface area contributed by atoms with Crippen LogP contribution in [0.15, 0.2) is 0 Å². The van der Waals surface area contributed by atoms with Crippen LogP contribution in [0.25, 0.3) is 0 Å². The third kappa shape index (κ3) is 4.41. The summed E-state index contributed by atoms with van der Waals surface area (Å²) in [6.45, 7) is 13.2. The molecule has 0 spiro atoms. The number of hydrogen-bond acceptors (Lipinski definition) is 5. The van der Waals surface area contributed by atoms with Gasteiger partial charge in [-0.15, -0.1) is 11.3 Å². The van der Waals surface area contributed by atoms with E-state index < -0.39 is 0 Å². The quantitative estimate of drug-likeness (QED) is 0.839. The minimum absolute atomic E-state index is 0.518. The third-order valence-electron chi connectivity index (χ3n) is 4.27. The van der Waals surface area contributed by atoms with Crippen molar-refractivity contribution in [3.05, 3.63) is 10.6 Å². The summed E-state index contributed by atoms with van der Waals surface area (Å²) in [4.78, 5) is 11.1. The Bertz CT molecular complexity index is 443. The maximum absolute atomic E-state index is 4.77. The molecule has 2 heterocycles. The molecule has 0 bridgehead atoms. The van der Waals surface area contributed by atoms with Crippen molar-refractivity contribution in [1.82, 2.24) is 15.2 Å². The van der Waals surface area contributed by atoms with Gasteiger partial charge in [-0.1, -0.05) is 20.8 Å². The van der Waals surface area contributed by atoms with Crippen molar-refractivity contribution in [3.63, 3.8) is 0 Å². The maximum Gasteiger partial charge on any atom is 0.185 e. The van der Waals surface area contributed by atoms with Crippen molar-refractivity contribution in [2.24, 2.45) is 0 Å². The van der Waals surface area contributed by atoms with Crippen LogP contribution in [0, 0.1) is 6.92 Å². The molecule has 1 unspecified atom stereocenters. The summed E-state index contributed by atoms with van der Waals surface area (Å²) >= 11 is 1.84. The maximum atomic E-state index is 4.77. The summed E-state index contributed by atoms with van der Waals surface area (Å²) in [5, 5.41) is 4.65. The van der Waals surface area contributed by atoms with Crippen LogP contribution in [0.2, 0.25) is 0 Å². The van der Waals surface area contributed by atoms with Gasteiger partial charge in [0.15, 0.2) is 5.13 Å². The fourth-order valence-electron chi connectivity index (χ4n) is 2.95. The van der Waals surface area contributed by atoms with E-state index in [0.29, 0.717) is 12.1 Å². The molecule has 1 fully saturated rings. The normalized spacial score (nSPS) is 19.6. The van der Waals surface area contributed by atoms with E-state index in [-0.39, 0.29) is 0 Å². The van der Waals surface area contributed by atoms with E-state index in [9.17, 15) is 0 Å². The molecule has 2 rings (SSSR count). The molecule has 0 aromatic carbocycles. The lowest BCUT2D eigenvalue weighted by molar-refractivity contribution is 0.270. The number of aryl methyl sites for hydroxylation is 1. The van der Waals surface area contributed by atoms with E-state index in [0.717, 1.165) is 18.2 Å². The molecule has 0 aliphatic carbocycles. The molecule has 21 heavy (non-hydrogen) atoms. The number of likely N-dealkylation sites (tertiary alicyclic amines) is 1.